The van der Waals surface area contributed by atoms with Crippen molar-refractivity contribution in [3.05, 3.63) is 46.0 Å². The molecule has 2 N–H and O–H groups in total. The highest BCUT2D eigenvalue weighted by Crippen LogP contribution is 2.18. The summed E-state index contributed by atoms with van der Waals surface area (Å²) >= 11 is 1.62. The van der Waals surface area contributed by atoms with Crippen molar-refractivity contribution in [3.63, 3.8) is 0 Å². The second kappa shape index (κ2) is 8.15. The smallest absolute Gasteiger partial charge is 0.289 e. The van der Waals surface area contributed by atoms with Gasteiger partial charge in [0.2, 0.25) is 0 Å². The molecule has 24 heavy (non-hydrogen) atoms. The van der Waals surface area contributed by atoms with Crippen molar-refractivity contribution in [2.24, 2.45) is 0 Å². The van der Waals surface area contributed by atoms with Gasteiger partial charge in [0.1, 0.15) is 6.61 Å². The number of nitrogens with zero attached hydrogens (tertiary/aromatic N) is 1. The zero-order valence-corrected chi connectivity index (χ0v) is 14.1. The Kier molecular flexibility index (Phi) is 5.70. The fourth-order valence-electron chi connectivity index (χ4n) is 2.80. The highest BCUT2D eigenvalue weighted by Gasteiger charge is 2.25. The average Bonchev–Trinajstić information content (AvgIpc) is 3.29. The molecule has 1 atom stereocenters. The number of rotatable bonds is 4. The average molecular weight is 344 g/mol. The van der Waals surface area contributed by atoms with Crippen LogP contribution in [0.3, 0.4) is 0 Å². The van der Waals surface area contributed by atoms with Crippen LogP contribution in [0.1, 0.15) is 33.2 Å². The fourth-order valence-corrected chi connectivity index (χ4v) is 3.63. The van der Waals surface area contributed by atoms with E-state index >= 15 is 0 Å². The second-order valence-electron chi connectivity index (χ2n) is 5.67. The zero-order chi connectivity index (χ0) is 16.8. The van der Waals surface area contributed by atoms with Gasteiger partial charge in [0.15, 0.2) is 5.76 Å². The largest absolute Gasteiger partial charge is 0.459 e. The first kappa shape index (κ1) is 16.8. The van der Waals surface area contributed by atoms with Gasteiger partial charge in [0.05, 0.1) is 11.1 Å². The summed E-state index contributed by atoms with van der Waals surface area (Å²) in [5, 5.41) is 12.3. The summed E-state index contributed by atoms with van der Waals surface area (Å²) in [6.07, 6.45) is 3.58. The number of carbonyl (C=O) groups excluding carboxylic acids is 1. The van der Waals surface area contributed by atoms with Crippen LogP contribution in [0, 0.1) is 11.8 Å². The molecule has 126 valence electrons. The van der Waals surface area contributed by atoms with Crippen molar-refractivity contribution < 1.29 is 14.3 Å². The molecule has 0 aromatic carbocycles. The third kappa shape index (κ3) is 4.26. The SMILES string of the molecule is O=C(c1ccco1)N1CCCC(NCc2ccc(C#CCO)s2)C1. The lowest BCUT2D eigenvalue weighted by Gasteiger charge is -2.32. The Hall–Kier alpha value is -2.07. The van der Waals surface area contributed by atoms with Crippen molar-refractivity contribution in [1.29, 1.82) is 0 Å². The first-order chi connectivity index (χ1) is 11.8. The molecule has 1 fully saturated rings. The summed E-state index contributed by atoms with van der Waals surface area (Å²) in [6.45, 7) is 2.12. The van der Waals surface area contributed by atoms with Crippen molar-refractivity contribution >= 4 is 17.2 Å². The van der Waals surface area contributed by atoms with E-state index in [1.54, 1.807) is 23.5 Å². The predicted molar refractivity (Wildman–Crippen MR) is 92.8 cm³/mol. The molecule has 1 aliphatic heterocycles. The van der Waals surface area contributed by atoms with Gasteiger partial charge in [-0.25, -0.2) is 0 Å². The van der Waals surface area contributed by atoms with E-state index in [0.29, 0.717) is 12.3 Å². The Balaban J connectivity index is 1.52. The van der Waals surface area contributed by atoms with Crippen molar-refractivity contribution in [2.75, 3.05) is 19.7 Å². The lowest BCUT2D eigenvalue weighted by Crippen LogP contribution is -2.47. The first-order valence-corrected chi connectivity index (χ1v) is 8.82. The topological polar surface area (TPSA) is 65.7 Å². The maximum absolute atomic E-state index is 12.4. The molecule has 0 radical (unpaired) electrons. The molecule has 1 aliphatic rings. The number of likely N-dealkylation sites (tertiary alicyclic amines) is 1. The van der Waals surface area contributed by atoms with Gasteiger partial charge in [0.25, 0.3) is 5.91 Å². The maximum atomic E-state index is 12.4. The number of amides is 1. The van der Waals surface area contributed by atoms with E-state index in [0.717, 1.165) is 30.8 Å². The molecule has 1 unspecified atom stereocenters. The van der Waals surface area contributed by atoms with Crippen LogP contribution in [0.4, 0.5) is 0 Å². The molecule has 3 heterocycles. The van der Waals surface area contributed by atoms with E-state index in [9.17, 15) is 4.79 Å². The molecule has 6 heteroatoms. The number of hydrogen-bond donors (Lipinski definition) is 2. The van der Waals surface area contributed by atoms with E-state index in [-0.39, 0.29) is 18.6 Å². The molecule has 2 aromatic heterocycles. The normalized spacial score (nSPS) is 17.4. The molecule has 1 saturated heterocycles. The Morgan fingerprint density at radius 2 is 2.38 bits per heavy atom. The zero-order valence-electron chi connectivity index (χ0n) is 13.3. The Labute approximate surface area is 145 Å². The minimum Gasteiger partial charge on any atom is -0.459 e. The number of piperidine rings is 1. The number of carbonyl (C=O) groups is 1. The first-order valence-electron chi connectivity index (χ1n) is 8.01. The van der Waals surface area contributed by atoms with E-state index in [2.05, 4.69) is 17.2 Å². The molecule has 1 amide bonds. The number of furan rings is 1. The van der Waals surface area contributed by atoms with E-state index in [4.69, 9.17) is 9.52 Å². The molecule has 0 saturated carbocycles. The molecule has 3 rings (SSSR count). The standard InChI is InChI=1S/C18H20N2O3S/c21-10-2-5-15-7-8-16(24-15)12-19-14-4-1-9-20(13-14)18(22)17-6-3-11-23-17/h3,6-8,11,14,19,21H,1,4,9-10,12-13H2. The second-order valence-corrected chi connectivity index (χ2v) is 6.84. The van der Waals surface area contributed by atoms with Gasteiger partial charge in [-0.05, 0) is 37.1 Å². The van der Waals surface area contributed by atoms with Crippen LogP contribution < -0.4 is 5.32 Å². The van der Waals surface area contributed by atoms with Crippen LogP contribution in [0.15, 0.2) is 34.9 Å². The van der Waals surface area contributed by atoms with Gasteiger partial charge < -0.3 is 19.7 Å². The number of nitrogens with one attached hydrogen (secondary N) is 1. The van der Waals surface area contributed by atoms with Crippen LogP contribution in [-0.4, -0.2) is 41.7 Å². The van der Waals surface area contributed by atoms with Crippen molar-refractivity contribution in [3.8, 4) is 11.8 Å². The summed E-state index contributed by atoms with van der Waals surface area (Å²) in [6, 6.07) is 7.75. The summed E-state index contributed by atoms with van der Waals surface area (Å²) < 4.78 is 5.21. The molecule has 0 bridgehead atoms. The predicted octanol–water partition coefficient (Wildman–Crippen LogP) is 2.08. The number of thiophene rings is 1. The molecule has 5 nitrogen and oxygen atoms in total. The van der Waals surface area contributed by atoms with Gasteiger partial charge in [0, 0.05) is 30.6 Å². The quantitative estimate of drug-likeness (QED) is 0.834. The number of aliphatic hydroxyl groups excluding tert-OH is 1. The summed E-state index contributed by atoms with van der Waals surface area (Å²) in [5.74, 6) is 5.94. The fraction of sp³-hybridized carbons (Fsp3) is 0.389. The van der Waals surface area contributed by atoms with Crippen LogP contribution in [0.5, 0.6) is 0 Å². The molecular weight excluding hydrogens is 324 g/mol. The maximum Gasteiger partial charge on any atom is 0.289 e. The summed E-state index contributed by atoms with van der Waals surface area (Å²) in [4.78, 5) is 16.4. The van der Waals surface area contributed by atoms with Gasteiger partial charge >= 0.3 is 0 Å². The van der Waals surface area contributed by atoms with Gasteiger partial charge in [-0.15, -0.1) is 11.3 Å². The lowest BCUT2D eigenvalue weighted by molar-refractivity contribution is 0.0662. The third-order valence-corrected chi connectivity index (χ3v) is 4.96. The minimum absolute atomic E-state index is 0.0378. The summed E-state index contributed by atoms with van der Waals surface area (Å²) in [7, 11) is 0. The molecular formula is C18H20N2O3S. The number of hydrogen-bond acceptors (Lipinski definition) is 5. The van der Waals surface area contributed by atoms with E-state index in [1.807, 2.05) is 17.0 Å². The van der Waals surface area contributed by atoms with Crippen LogP contribution in [-0.2, 0) is 6.54 Å². The van der Waals surface area contributed by atoms with Gasteiger partial charge in [-0.3, -0.25) is 4.79 Å². The monoisotopic (exact) mass is 344 g/mol. The minimum atomic E-state index is -0.118. The van der Waals surface area contributed by atoms with Gasteiger partial charge in [-0.2, -0.15) is 0 Å². The van der Waals surface area contributed by atoms with Gasteiger partial charge in [-0.1, -0.05) is 11.8 Å². The van der Waals surface area contributed by atoms with Crippen molar-refractivity contribution in [2.45, 2.75) is 25.4 Å². The molecule has 0 spiro atoms. The summed E-state index contributed by atoms with van der Waals surface area (Å²) in [5.41, 5.74) is 0. The van der Waals surface area contributed by atoms with E-state index < -0.39 is 0 Å². The Morgan fingerprint density at radius 1 is 1.46 bits per heavy atom. The van der Waals surface area contributed by atoms with Crippen LogP contribution in [0.2, 0.25) is 0 Å². The highest BCUT2D eigenvalue weighted by atomic mass is 32.1. The number of aliphatic hydroxyl groups is 1. The Bertz CT molecular complexity index is 727. The highest BCUT2D eigenvalue weighted by molar-refractivity contribution is 7.12. The Morgan fingerprint density at radius 3 is 3.17 bits per heavy atom. The molecule has 0 aliphatic carbocycles. The third-order valence-electron chi connectivity index (χ3n) is 3.96. The van der Waals surface area contributed by atoms with E-state index in [1.165, 1.54) is 11.1 Å². The van der Waals surface area contributed by atoms with Crippen molar-refractivity contribution in [1.82, 2.24) is 10.2 Å². The van der Waals surface area contributed by atoms with Crippen LogP contribution >= 0.6 is 11.3 Å². The van der Waals surface area contributed by atoms with Crippen LogP contribution in [0.25, 0.3) is 0 Å². The lowest BCUT2D eigenvalue weighted by atomic mass is 10.1. The molecule has 2 aromatic rings.